The van der Waals surface area contributed by atoms with Crippen molar-refractivity contribution in [2.75, 3.05) is 6.61 Å². The number of hydrogen-bond donors (Lipinski definition) is 1. The Morgan fingerprint density at radius 2 is 2.12 bits per heavy atom. The van der Waals surface area contributed by atoms with Crippen LogP contribution in [-0.2, 0) is 0 Å². The van der Waals surface area contributed by atoms with Gasteiger partial charge in [0.05, 0.1) is 10.6 Å². The van der Waals surface area contributed by atoms with Gasteiger partial charge in [-0.1, -0.05) is 27.5 Å². The van der Waals surface area contributed by atoms with E-state index in [1.807, 2.05) is 19.1 Å². The topological polar surface area (TPSA) is 35.2 Å². The molecule has 0 spiro atoms. The van der Waals surface area contributed by atoms with Gasteiger partial charge in [-0.2, -0.15) is 0 Å². The first-order valence-corrected chi connectivity index (χ1v) is 6.05. The molecule has 1 saturated carbocycles. The zero-order valence-electron chi connectivity index (χ0n) is 8.93. The zero-order chi connectivity index (χ0) is 11.1. The molecule has 2 nitrogen and oxygen atoms in total. The fourth-order valence-electron chi connectivity index (χ4n) is 1.39. The Kier molecular flexibility index (Phi) is 4.52. The van der Waals surface area contributed by atoms with Crippen molar-refractivity contribution in [2.24, 2.45) is 5.73 Å². The molecule has 0 heterocycles. The molecule has 1 aromatic carbocycles. The summed E-state index contributed by atoms with van der Waals surface area (Å²) in [6.07, 6.45) is 2.08. The predicted octanol–water partition coefficient (Wildman–Crippen LogP) is 3.70. The second kappa shape index (κ2) is 5.13. The van der Waals surface area contributed by atoms with E-state index in [1.54, 1.807) is 0 Å². The summed E-state index contributed by atoms with van der Waals surface area (Å²) in [5.74, 6) is 0.747. The molecule has 1 aliphatic rings. The van der Waals surface area contributed by atoms with Crippen molar-refractivity contribution < 1.29 is 4.74 Å². The van der Waals surface area contributed by atoms with Crippen molar-refractivity contribution in [1.29, 1.82) is 0 Å². The molecule has 5 heteroatoms. The minimum Gasteiger partial charge on any atom is -0.490 e. The lowest BCUT2D eigenvalue weighted by atomic mass is 10.2. The maximum atomic E-state index is 6.09. The first-order valence-electron chi connectivity index (χ1n) is 4.87. The minimum atomic E-state index is -0.108. The molecule has 0 aliphatic heterocycles. The van der Waals surface area contributed by atoms with E-state index in [0.717, 1.165) is 28.6 Å². The van der Waals surface area contributed by atoms with Crippen LogP contribution in [-0.4, -0.2) is 12.1 Å². The molecule has 90 valence electrons. The van der Waals surface area contributed by atoms with Gasteiger partial charge < -0.3 is 10.5 Å². The molecule has 16 heavy (non-hydrogen) atoms. The third kappa shape index (κ3) is 3.27. The Bertz CT molecular complexity index is 371. The van der Waals surface area contributed by atoms with Gasteiger partial charge in [-0.15, -0.1) is 12.4 Å². The number of halogens is 3. The highest BCUT2D eigenvalue weighted by atomic mass is 79.9. The van der Waals surface area contributed by atoms with E-state index < -0.39 is 0 Å². The van der Waals surface area contributed by atoms with Crippen LogP contribution in [0.25, 0.3) is 0 Å². The molecule has 1 aromatic rings. The van der Waals surface area contributed by atoms with Gasteiger partial charge in [0.1, 0.15) is 12.4 Å². The maximum absolute atomic E-state index is 6.09. The first kappa shape index (κ1) is 14.1. The fraction of sp³-hybridized carbons (Fsp3) is 0.455. The zero-order valence-corrected chi connectivity index (χ0v) is 12.1. The lowest BCUT2D eigenvalue weighted by molar-refractivity contribution is 0.278. The van der Waals surface area contributed by atoms with Gasteiger partial charge in [0.2, 0.25) is 0 Å². The van der Waals surface area contributed by atoms with Crippen LogP contribution in [0.4, 0.5) is 0 Å². The van der Waals surface area contributed by atoms with Crippen LogP contribution in [0.3, 0.4) is 0 Å². The number of aryl methyl sites for hydroxylation is 1. The Morgan fingerprint density at radius 1 is 1.50 bits per heavy atom. The summed E-state index contributed by atoms with van der Waals surface area (Å²) >= 11 is 9.47. The Morgan fingerprint density at radius 3 is 2.62 bits per heavy atom. The highest BCUT2D eigenvalue weighted by Crippen LogP contribution is 2.36. The maximum Gasteiger partial charge on any atom is 0.140 e. The van der Waals surface area contributed by atoms with Crippen LogP contribution < -0.4 is 10.5 Å². The third-order valence-electron chi connectivity index (χ3n) is 2.59. The lowest BCUT2D eigenvalue weighted by Crippen LogP contribution is -2.30. The van der Waals surface area contributed by atoms with E-state index in [9.17, 15) is 0 Å². The van der Waals surface area contributed by atoms with Crippen LogP contribution in [0, 0.1) is 6.92 Å². The van der Waals surface area contributed by atoms with Gasteiger partial charge in [-0.05, 0) is 37.5 Å². The van der Waals surface area contributed by atoms with Gasteiger partial charge >= 0.3 is 0 Å². The lowest BCUT2D eigenvalue weighted by Gasteiger charge is -2.14. The SMILES string of the molecule is Cc1cc(Br)cc(Cl)c1OCC1(N)CC1.Cl. The molecule has 0 amide bonds. The predicted molar refractivity (Wildman–Crippen MR) is 72.8 cm³/mol. The average molecular weight is 327 g/mol. The quantitative estimate of drug-likeness (QED) is 0.919. The highest BCUT2D eigenvalue weighted by Gasteiger charge is 2.39. The Labute approximate surface area is 115 Å². The normalized spacial score (nSPS) is 16.5. The summed E-state index contributed by atoms with van der Waals surface area (Å²) in [5, 5.41) is 0.631. The Hall–Kier alpha value is 0.0400. The van der Waals surface area contributed by atoms with E-state index in [0.29, 0.717) is 11.6 Å². The second-order valence-corrected chi connectivity index (χ2v) is 5.51. The summed E-state index contributed by atoms with van der Waals surface area (Å²) in [6, 6.07) is 3.82. The molecule has 0 atom stereocenters. The van der Waals surface area contributed by atoms with Crippen molar-refractivity contribution in [1.82, 2.24) is 0 Å². The highest BCUT2D eigenvalue weighted by molar-refractivity contribution is 9.10. The van der Waals surface area contributed by atoms with Crippen molar-refractivity contribution in [2.45, 2.75) is 25.3 Å². The van der Waals surface area contributed by atoms with Crippen LogP contribution in [0.5, 0.6) is 5.75 Å². The molecule has 0 aromatic heterocycles. The molecular formula is C11H14BrCl2NO. The summed E-state index contributed by atoms with van der Waals surface area (Å²) in [5.41, 5.74) is 6.87. The monoisotopic (exact) mass is 325 g/mol. The first-order chi connectivity index (χ1) is 7.00. The van der Waals surface area contributed by atoms with Crippen molar-refractivity contribution in [3.05, 3.63) is 27.2 Å². The van der Waals surface area contributed by atoms with Gasteiger partial charge in [-0.3, -0.25) is 0 Å². The molecule has 2 rings (SSSR count). The van der Waals surface area contributed by atoms with Crippen molar-refractivity contribution >= 4 is 39.9 Å². The molecule has 0 radical (unpaired) electrons. The molecular weight excluding hydrogens is 313 g/mol. The number of hydrogen-bond acceptors (Lipinski definition) is 2. The van der Waals surface area contributed by atoms with Crippen molar-refractivity contribution in [3.8, 4) is 5.75 Å². The van der Waals surface area contributed by atoms with Gasteiger partial charge in [0.15, 0.2) is 0 Å². The third-order valence-corrected chi connectivity index (χ3v) is 3.33. The van der Waals surface area contributed by atoms with E-state index >= 15 is 0 Å². The van der Waals surface area contributed by atoms with Gasteiger partial charge in [0.25, 0.3) is 0 Å². The van der Waals surface area contributed by atoms with E-state index in [-0.39, 0.29) is 17.9 Å². The number of ether oxygens (including phenoxy) is 1. The van der Waals surface area contributed by atoms with Gasteiger partial charge in [0, 0.05) is 4.47 Å². The number of nitrogens with two attached hydrogens (primary N) is 1. The van der Waals surface area contributed by atoms with Crippen LogP contribution in [0.2, 0.25) is 5.02 Å². The number of benzene rings is 1. The van der Waals surface area contributed by atoms with Crippen LogP contribution in [0.15, 0.2) is 16.6 Å². The fourth-order valence-corrected chi connectivity index (χ4v) is 2.42. The molecule has 0 unspecified atom stereocenters. The molecule has 1 aliphatic carbocycles. The Balaban J connectivity index is 0.00000128. The molecule has 0 saturated heterocycles. The summed E-state index contributed by atoms with van der Waals surface area (Å²) in [7, 11) is 0. The number of rotatable bonds is 3. The van der Waals surface area contributed by atoms with Gasteiger partial charge in [-0.25, -0.2) is 0 Å². The molecule has 2 N–H and O–H groups in total. The molecule has 1 fully saturated rings. The summed E-state index contributed by atoms with van der Waals surface area (Å²) in [4.78, 5) is 0. The van der Waals surface area contributed by atoms with Crippen LogP contribution in [0.1, 0.15) is 18.4 Å². The smallest absolute Gasteiger partial charge is 0.140 e. The van der Waals surface area contributed by atoms with E-state index in [4.69, 9.17) is 22.1 Å². The minimum absolute atomic E-state index is 0. The molecule has 0 bridgehead atoms. The summed E-state index contributed by atoms with van der Waals surface area (Å²) in [6.45, 7) is 2.53. The summed E-state index contributed by atoms with van der Waals surface area (Å²) < 4.78 is 6.64. The largest absolute Gasteiger partial charge is 0.490 e. The van der Waals surface area contributed by atoms with E-state index in [1.165, 1.54) is 0 Å². The van der Waals surface area contributed by atoms with Crippen molar-refractivity contribution in [3.63, 3.8) is 0 Å². The van der Waals surface area contributed by atoms with E-state index in [2.05, 4.69) is 15.9 Å². The average Bonchev–Trinajstić information content (AvgIpc) is 2.82. The van der Waals surface area contributed by atoms with Crippen LogP contribution >= 0.6 is 39.9 Å². The second-order valence-electron chi connectivity index (χ2n) is 4.18. The standard InChI is InChI=1S/C11H13BrClNO.ClH/c1-7-4-8(12)5-9(13)10(7)15-6-11(14)2-3-11;/h4-5H,2-3,6,14H2,1H3;1H.